The quantitative estimate of drug-likeness (QED) is 0.701. The van der Waals surface area contributed by atoms with Crippen LogP contribution in [0.5, 0.6) is 0 Å². The molecule has 0 unspecified atom stereocenters. The van der Waals surface area contributed by atoms with Crippen LogP contribution in [0.15, 0.2) is 6.07 Å². The SMILES string of the molecule is NCc1cc(C2CCC2)nc(N)n1. The molecule has 1 saturated carbocycles. The zero-order chi connectivity index (χ0) is 9.26. The first-order valence-electron chi connectivity index (χ1n) is 4.63. The number of nitrogen functional groups attached to an aromatic ring is 1. The topological polar surface area (TPSA) is 77.8 Å². The second-order valence-electron chi connectivity index (χ2n) is 3.47. The molecule has 4 nitrogen and oxygen atoms in total. The first-order chi connectivity index (χ1) is 6.29. The summed E-state index contributed by atoms with van der Waals surface area (Å²) in [7, 11) is 0. The standard InChI is InChI=1S/C9H14N4/c10-5-7-4-8(6-2-1-3-6)13-9(11)12-7/h4,6H,1-3,5,10H2,(H2,11,12,13). The molecule has 70 valence electrons. The van der Waals surface area contributed by atoms with E-state index in [0.717, 1.165) is 11.4 Å². The van der Waals surface area contributed by atoms with Crippen LogP contribution in [0.4, 0.5) is 5.95 Å². The highest BCUT2D eigenvalue weighted by molar-refractivity contribution is 5.25. The maximum Gasteiger partial charge on any atom is 0.220 e. The molecule has 1 aromatic heterocycles. The van der Waals surface area contributed by atoms with E-state index in [9.17, 15) is 0 Å². The van der Waals surface area contributed by atoms with Crippen molar-refractivity contribution < 1.29 is 0 Å². The Balaban J connectivity index is 2.28. The highest BCUT2D eigenvalue weighted by Gasteiger charge is 2.21. The van der Waals surface area contributed by atoms with Crippen LogP contribution < -0.4 is 11.5 Å². The average molecular weight is 178 g/mol. The van der Waals surface area contributed by atoms with Crippen LogP contribution in [0.3, 0.4) is 0 Å². The van der Waals surface area contributed by atoms with E-state index in [0.29, 0.717) is 18.4 Å². The van der Waals surface area contributed by atoms with Crippen molar-refractivity contribution in [2.75, 3.05) is 5.73 Å². The third-order valence-corrected chi connectivity index (χ3v) is 2.55. The van der Waals surface area contributed by atoms with Gasteiger partial charge in [-0.05, 0) is 18.9 Å². The van der Waals surface area contributed by atoms with Crippen molar-refractivity contribution in [1.29, 1.82) is 0 Å². The highest BCUT2D eigenvalue weighted by atomic mass is 15.0. The smallest absolute Gasteiger partial charge is 0.220 e. The number of aromatic nitrogens is 2. The maximum atomic E-state index is 5.57. The van der Waals surface area contributed by atoms with Crippen LogP contribution in [0, 0.1) is 0 Å². The van der Waals surface area contributed by atoms with Gasteiger partial charge in [0.1, 0.15) is 0 Å². The molecule has 13 heavy (non-hydrogen) atoms. The van der Waals surface area contributed by atoms with Crippen LogP contribution in [0.2, 0.25) is 0 Å². The summed E-state index contributed by atoms with van der Waals surface area (Å²) in [5.41, 5.74) is 13.0. The number of nitrogens with two attached hydrogens (primary N) is 2. The number of rotatable bonds is 2. The Kier molecular flexibility index (Phi) is 2.14. The van der Waals surface area contributed by atoms with Crippen molar-refractivity contribution in [2.45, 2.75) is 31.7 Å². The molecule has 1 fully saturated rings. The fourth-order valence-corrected chi connectivity index (χ4v) is 1.56. The molecular weight excluding hydrogens is 164 g/mol. The van der Waals surface area contributed by atoms with Crippen molar-refractivity contribution in [3.05, 3.63) is 17.5 Å². The Hall–Kier alpha value is -1.16. The molecular formula is C9H14N4. The number of hydrogen-bond acceptors (Lipinski definition) is 4. The second kappa shape index (κ2) is 3.30. The van der Waals surface area contributed by atoms with Crippen molar-refractivity contribution in [2.24, 2.45) is 5.73 Å². The Morgan fingerprint density at radius 3 is 2.69 bits per heavy atom. The van der Waals surface area contributed by atoms with Crippen LogP contribution >= 0.6 is 0 Å². The molecule has 1 aliphatic carbocycles. The number of anilines is 1. The van der Waals surface area contributed by atoms with Crippen molar-refractivity contribution in [3.63, 3.8) is 0 Å². The summed E-state index contributed by atoms with van der Waals surface area (Å²) in [6, 6.07) is 1.97. The minimum atomic E-state index is 0.352. The summed E-state index contributed by atoms with van der Waals surface area (Å²) in [6.45, 7) is 0.437. The summed E-state index contributed by atoms with van der Waals surface area (Å²) < 4.78 is 0. The lowest BCUT2D eigenvalue weighted by molar-refractivity contribution is 0.410. The van der Waals surface area contributed by atoms with Gasteiger partial charge in [-0.25, -0.2) is 9.97 Å². The Bertz CT molecular complexity index is 306. The maximum absolute atomic E-state index is 5.57. The molecule has 2 rings (SSSR count). The van der Waals surface area contributed by atoms with E-state index < -0.39 is 0 Å². The normalized spacial score (nSPS) is 17.0. The van der Waals surface area contributed by atoms with Gasteiger partial charge in [-0.15, -0.1) is 0 Å². The monoisotopic (exact) mass is 178 g/mol. The molecule has 0 saturated heterocycles. The zero-order valence-electron chi connectivity index (χ0n) is 7.53. The molecule has 4 heteroatoms. The van der Waals surface area contributed by atoms with E-state index in [2.05, 4.69) is 9.97 Å². The van der Waals surface area contributed by atoms with Crippen molar-refractivity contribution >= 4 is 5.95 Å². The van der Waals surface area contributed by atoms with E-state index >= 15 is 0 Å². The predicted octanol–water partition coefficient (Wildman–Crippen LogP) is 0.785. The molecule has 0 bridgehead atoms. The predicted molar refractivity (Wildman–Crippen MR) is 50.9 cm³/mol. The summed E-state index contributed by atoms with van der Waals surface area (Å²) in [5.74, 6) is 0.945. The van der Waals surface area contributed by atoms with Gasteiger partial charge < -0.3 is 11.5 Å². The van der Waals surface area contributed by atoms with Gasteiger partial charge >= 0.3 is 0 Å². The molecule has 1 aromatic rings. The summed E-state index contributed by atoms with van der Waals surface area (Å²) >= 11 is 0. The minimum absolute atomic E-state index is 0.352. The molecule has 0 aliphatic heterocycles. The second-order valence-corrected chi connectivity index (χ2v) is 3.47. The molecule has 0 radical (unpaired) electrons. The summed E-state index contributed by atoms with van der Waals surface area (Å²) in [6.07, 6.45) is 3.74. The average Bonchev–Trinajstić information content (AvgIpc) is 2.00. The van der Waals surface area contributed by atoms with E-state index in [1.807, 2.05) is 6.07 Å². The molecule has 4 N–H and O–H groups in total. The molecule has 0 aromatic carbocycles. The van der Waals surface area contributed by atoms with Crippen molar-refractivity contribution in [3.8, 4) is 0 Å². The molecule has 0 spiro atoms. The largest absolute Gasteiger partial charge is 0.368 e. The number of nitrogens with zero attached hydrogens (tertiary/aromatic N) is 2. The molecule has 0 atom stereocenters. The van der Waals surface area contributed by atoms with Crippen LogP contribution in [-0.2, 0) is 6.54 Å². The van der Waals surface area contributed by atoms with E-state index in [-0.39, 0.29) is 0 Å². The van der Waals surface area contributed by atoms with Crippen molar-refractivity contribution in [1.82, 2.24) is 9.97 Å². The third-order valence-electron chi connectivity index (χ3n) is 2.55. The van der Waals surface area contributed by atoms with Gasteiger partial charge in [-0.3, -0.25) is 0 Å². The van der Waals surface area contributed by atoms with Gasteiger partial charge in [0.25, 0.3) is 0 Å². The fourth-order valence-electron chi connectivity index (χ4n) is 1.56. The van der Waals surface area contributed by atoms with Gasteiger partial charge in [-0.1, -0.05) is 6.42 Å². The highest BCUT2D eigenvalue weighted by Crippen LogP contribution is 2.35. The first-order valence-corrected chi connectivity index (χ1v) is 4.63. The Morgan fingerprint density at radius 2 is 2.15 bits per heavy atom. The molecule has 0 amide bonds. The summed E-state index contributed by atoms with van der Waals surface area (Å²) in [5, 5.41) is 0. The fraction of sp³-hybridized carbons (Fsp3) is 0.556. The van der Waals surface area contributed by atoms with Gasteiger partial charge in [0, 0.05) is 18.2 Å². The lowest BCUT2D eigenvalue weighted by atomic mass is 9.82. The number of hydrogen-bond donors (Lipinski definition) is 2. The van der Waals surface area contributed by atoms with Crippen LogP contribution in [-0.4, -0.2) is 9.97 Å². The minimum Gasteiger partial charge on any atom is -0.368 e. The van der Waals surface area contributed by atoms with Gasteiger partial charge in [0.2, 0.25) is 5.95 Å². The Morgan fingerprint density at radius 1 is 1.38 bits per heavy atom. The molecule has 1 aliphatic rings. The van der Waals surface area contributed by atoms with E-state index in [1.54, 1.807) is 0 Å². The van der Waals surface area contributed by atoms with E-state index in [4.69, 9.17) is 11.5 Å². The van der Waals surface area contributed by atoms with E-state index in [1.165, 1.54) is 19.3 Å². The van der Waals surface area contributed by atoms with Gasteiger partial charge in [0.05, 0.1) is 5.69 Å². The first kappa shape index (κ1) is 8.44. The lowest BCUT2D eigenvalue weighted by Gasteiger charge is -2.24. The third kappa shape index (κ3) is 1.62. The summed E-state index contributed by atoms with van der Waals surface area (Å²) in [4.78, 5) is 8.25. The molecule has 1 heterocycles. The van der Waals surface area contributed by atoms with Gasteiger partial charge in [0.15, 0.2) is 0 Å². The van der Waals surface area contributed by atoms with Crippen LogP contribution in [0.1, 0.15) is 36.6 Å². The lowest BCUT2D eigenvalue weighted by Crippen LogP contribution is -2.14. The van der Waals surface area contributed by atoms with Crippen LogP contribution in [0.25, 0.3) is 0 Å². The Labute approximate surface area is 77.4 Å². The zero-order valence-corrected chi connectivity index (χ0v) is 7.53. The van der Waals surface area contributed by atoms with Gasteiger partial charge in [-0.2, -0.15) is 0 Å².